The molecule has 1 aromatic carbocycles. The second-order valence-electron chi connectivity index (χ2n) is 2.18. The Bertz CT molecular complexity index is 365. The van der Waals surface area contributed by atoms with Gasteiger partial charge in [0.05, 0.1) is 11.1 Å². The van der Waals surface area contributed by atoms with Crippen molar-refractivity contribution in [1.82, 2.24) is 0 Å². The minimum absolute atomic E-state index is 0.0368. The van der Waals surface area contributed by atoms with Gasteiger partial charge in [-0.1, -0.05) is 28.9 Å². The molecule has 5 nitrogen and oxygen atoms in total. The van der Waals surface area contributed by atoms with Crippen LogP contribution < -0.4 is 0 Å². The summed E-state index contributed by atoms with van der Waals surface area (Å²) >= 11 is 5.64. The van der Waals surface area contributed by atoms with Crippen LogP contribution in [0.25, 0.3) is 0 Å². The van der Waals surface area contributed by atoms with E-state index in [9.17, 15) is 10.1 Å². The van der Waals surface area contributed by atoms with E-state index < -0.39 is 4.92 Å². The molecule has 6 heteroatoms. The lowest BCUT2D eigenvalue weighted by Crippen LogP contribution is -1.92. The molecule has 0 radical (unpaired) electrons. The fourth-order valence-corrected chi connectivity index (χ4v) is 1.08. The van der Waals surface area contributed by atoms with E-state index in [4.69, 9.17) is 16.8 Å². The highest BCUT2D eigenvalue weighted by molar-refractivity contribution is 6.35. The van der Waals surface area contributed by atoms with Crippen LogP contribution in [0.3, 0.4) is 0 Å². The monoisotopic (exact) mass is 200 g/mol. The zero-order valence-corrected chi connectivity index (χ0v) is 7.10. The molecule has 0 heterocycles. The van der Waals surface area contributed by atoms with Crippen molar-refractivity contribution in [3.05, 3.63) is 38.9 Å². The van der Waals surface area contributed by atoms with Crippen molar-refractivity contribution in [2.75, 3.05) is 0 Å². The van der Waals surface area contributed by atoms with Crippen LogP contribution in [0.4, 0.5) is 5.69 Å². The Labute approximate surface area is 78.4 Å². The number of oxime groups is 1. The predicted octanol–water partition coefficient (Wildman–Crippen LogP) is 2.06. The number of hydrogen-bond donors (Lipinski definition) is 1. The molecule has 1 aromatic rings. The highest BCUT2D eigenvalue weighted by Crippen LogP contribution is 2.26. The fourth-order valence-electron chi connectivity index (χ4n) is 0.840. The summed E-state index contributed by atoms with van der Waals surface area (Å²) in [6, 6.07) is 4.24. The van der Waals surface area contributed by atoms with Gasteiger partial charge in [0.25, 0.3) is 5.69 Å². The number of halogens is 1. The molecule has 0 bridgehead atoms. The minimum Gasteiger partial charge on any atom is -0.411 e. The number of rotatable bonds is 2. The van der Waals surface area contributed by atoms with Gasteiger partial charge in [-0.25, -0.2) is 0 Å². The Morgan fingerprint density at radius 1 is 1.62 bits per heavy atom. The first-order chi connectivity index (χ1) is 6.16. The van der Waals surface area contributed by atoms with Gasteiger partial charge in [-0.3, -0.25) is 10.1 Å². The van der Waals surface area contributed by atoms with E-state index in [0.29, 0.717) is 5.56 Å². The van der Waals surface area contributed by atoms with Gasteiger partial charge in [0.15, 0.2) is 0 Å². The Balaban J connectivity index is 3.26. The maximum Gasteiger partial charge on any atom is 0.288 e. The molecule has 0 aliphatic carbocycles. The third-order valence-electron chi connectivity index (χ3n) is 1.40. The highest BCUT2D eigenvalue weighted by Gasteiger charge is 2.13. The maximum absolute atomic E-state index is 10.4. The number of hydrogen-bond acceptors (Lipinski definition) is 4. The van der Waals surface area contributed by atoms with Gasteiger partial charge < -0.3 is 5.21 Å². The summed E-state index contributed by atoms with van der Waals surface area (Å²) in [7, 11) is 0. The van der Waals surface area contributed by atoms with E-state index in [2.05, 4.69) is 5.16 Å². The van der Waals surface area contributed by atoms with Gasteiger partial charge in [0, 0.05) is 11.6 Å². The number of nitro benzene ring substituents is 1. The summed E-state index contributed by atoms with van der Waals surface area (Å²) in [6.45, 7) is 0. The summed E-state index contributed by atoms with van der Waals surface area (Å²) < 4.78 is 0. The highest BCUT2D eigenvalue weighted by atomic mass is 35.5. The summed E-state index contributed by atoms with van der Waals surface area (Å²) in [6.07, 6.45) is 1.04. The molecule has 68 valence electrons. The molecule has 0 amide bonds. The lowest BCUT2D eigenvalue weighted by molar-refractivity contribution is -0.384. The average Bonchev–Trinajstić information content (AvgIpc) is 2.08. The van der Waals surface area contributed by atoms with Crippen LogP contribution in [0.1, 0.15) is 5.56 Å². The van der Waals surface area contributed by atoms with Crippen molar-refractivity contribution in [3.63, 3.8) is 0 Å². The van der Waals surface area contributed by atoms with Crippen molar-refractivity contribution >= 4 is 23.5 Å². The van der Waals surface area contributed by atoms with E-state index in [0.717, 1.165) is 6.21 Å². The third kappa shape index (κ3) is 1.94. The smallest absolute Gasteiger partial charge is 0.288 e. The Hall–Kier alpha value is -1.62. The molecule has 0 fully saturated rings. The van der Waals surface area contributed by atoms with Gasteiger partial charge in [0.1, 0.15) is 5.02 Å². The van der Waals surface area contributed by atoms with Crippen LogP contribution in [0, 0.1) is 10.1 Å². The molecule has 0 aromatic heterocycles. The van der Waals surface area contributed by atoms with Gasteiger partial charge in [-0.15, -0.1) is 0 Å². The van der Waals surface area contributed by atoms with Crippen molar-refractivity contribution in [2.24, 2.45) is 5.16 Å². The van der Waals surface area contributed by atoms with Gasteiger partial charge in [-0.2, -0.15) is 0 Å². The van der Waals surface area contributed by atoms with Crippen molar-refractivity contribution < 1.29 is 10.1 Å². The third-order valence-corrected chi connectivity index (χ3v) is 1.81. The van der Waals surface area contributed by atoms with E-state index >= 15 is 0 Å². The van der Waals surface area contributed by atoms with Crippen LogP contribution in [-0.4, -0.2) is 16.3 Å². The molecule has 0 aliphatic heterocycles. The first-order valence-corrected chi connectivity index (χ1v) is 3.65. The quantitative estimate of drug-likeness (QED) is 0.344. The van der Waals surface area contributed by atoms with Crippen LogP contribution in [-0.2, 0) is 0 Å². The van der Waals surface area contributed by atoms with Gasteiger partial charge >= 0.3 is 0 Å². The van der Waals surface area contributed by atoms with Crippen LogP contribution in [0.15, 0.2) is 23.4 Å². The topological polar surface area (TPSA) is 75.7 Å². The van der Waals surface area contributed by atoms with Crippen LogP contribution >= 0.6 is 11.6 Å². The SMILES string of the molecule is O=[N+]([O-])c1cccc(C=NO)c1Cl. The number of nitrogens with zero attached hydrogens (tertiary/aromatic N) is 2. The lowest BCUT2D eigenvalue weighted by atomic mass is 10.2. The number of nitro groups is 1. The first kappa shape index (κ1) is 9.47. The fraction of sp³-hybridized carbons (Fsp3) is 0. The Morgan fingerprint density at radius 3 is 2.85 bits per heavy atom. The number of benzene rings is 1. The average molecular weight is 201 g/mol. The molecule has 1 N–H and O–H groups in total. The summed E-state index contributed by atoms with van der Waals surface area (Å²) in [4.78, 5) is 9.79. The molecule has 0 atom stereocenters. The molecule has 0 unspecified atom stereocenters. The van der Waals surface area contributed by atoms with Crippen molar-refractivity contribution in [1.29, 1.82) is 0 Å². The van der Waals surface area contributed by atoms with Crippen molar-refractivity contribution in [2.45, 2.75) is 0 Å². The summed E-state index contributed by atoms with van der Waals surface area (Å²) in [5.41, 5.74) is 0.0948. The van der Waals surface area contributed by atoms with Gasteiger partial charge in [0.2, 0.25) is 0 Å². The van der Waals surface area contributed by atoms with E-state index in [1.807, 2.05) is 0 Å². The zero-order chi connectivity index (χ0) is 9.84. The molecule has 0 saturated carbocycles. The predicted molar refractivity (Wildman–Crippen MR) is 47.5 cm³/mol. The summed E-state index contributed by atoms with van der Waals surface area (Å²) in [5.74, 6) is 0. The minimum atomic E-state index is -0.600. The second-order valence-corrected chi connectivity index (χ2v) is 2.56. The molecule has 13 heavy (non-hydrogen) atoms. The summed E-state index contributed by atoms with van der Waals surface area (Å²) in [5, 5.41) is 21.3. The molecular formula is C7H5ClN2O3. The molecular weight excluding hydrogens is 196 g/mol. The van der Waals surface area contributed by atoms with E-state index in [1.54, 1.807) is 0 Å². The Kier molecular flexibility index (Phi) is 2.81. The van der Waals surface area contributed by atoms with Gasteiger partial charge in [-0.05, 0) is 0 Å². The second kappa shape index (κ2) is 3.86. The standard InChI is InChI=1S/C7H5ClN2O3/c8-7-5(4-9-11)2-1-3-6(7)10(12)13/h1-4,11H. The lowest BCUT2D eigenvalue weighted by Gasteiger charge is -1.97. The molecule has 1 rings (SSSR count). The molecule has 0 spiro atoms. The zero-order valence-electron chi connectivity index (χ0n) is 6.35. The van der Waals surface area contributed by atoms with E-state index in [-0.39, 0.29) is 10.7 Å². The molecule has 0 saturated heterocycles. The van der Waals surface area contributed by atoms with Crippen LogP contribution in [0.5, 0.6) is 0 Å². The Morgan fingerprint density at radius 2 is 2.31 bits per heavy atom. The van der Waals surface area contributed by atoms with Crippen LogP contribution in [0.2, 0.25) is 5.02 Å². The normalized spacial score (nSPS) is 10.5. The largest absolute Gasteiger partial charge is 0.411 e. The molecule has 0 aliphatic rings. The maximum atomic E-state index is 10.4. The van der Waals surface area contributed by atoms with Crippen molar-refractivity contribution in [3.8, 4) is 0 Å². The first-order valence-electron chi connectivity index (χ1n) is 3.27. The van der Waals surface area contributed by atoms with E-state index in [1.165, 1.54) is 18.2 Å².